The number of rotatable bonds is 3. The van der Waals surface area contributed by atoms with Crippen molar-refractivity contribution in [2.75, 3.05) is 7.05 Å². The first-order valence-electron chi connectivity index (χ1n) is 6.63. The molecule has 0 aromatic heterocycles. The van der Waals surface area contributed by atoms with Crippen LogP contribution >= 0.6 is 0 Å². The SMILES string of the molecule is CNC(c1cc(F)cc(F)c1)c1c(C)cc(C)cc1C. The number of halogens is 2. The molecule has 0 aliphatic heterocycles. The highest BCUT2D eigenvalue weighted by Gasteiger charge is 2.18. The van der Waals surface area contributed by atoms with Crippen molar-refractivity contribution in [3.8, 4) is 0 Å². The second-order valence-electron chi connectivity index (χ2n) is 5.24. The summed E-state index contributed by atoms with van der Waals surface area (Å²) < 4.78 is 26.9. The van der Waals surface area contributed by atoms with Crippen molar-refractivity contribution >= 4 is 0 Å². The normalized spacial score (nSPS) is 12.5. The molecular formula is C17H19F2N. The van der Waals surface area contributed by atoms with E-state index in [4.69, 9.17) is 0 Å². The molecule has 0 heterocycles. The minimum absolute atomic E-state index is 0.221. The van der Waals surface area contributed by atoms with E-state index in [-0.39, 0.29) is 6.04 Å². The molecule has 2 rings (SSSR count). The van der Waals surface area contributed by atoms with Gasteiger partial charge in [-0.25, -0.2) is 8.78 Å². The molecule has 0 saturated carbocycles. The zero-order valence-corrected chi connectivity index (χ0v) is 12.2. The van der Waals surface area contributed by atoms with E-state index in [9.17, 15) is 8.78 Å². The fraction of sp³-hybridized carbons (Fsp3) is 0.294. The van der Waals surface area contributed by atoms with Gasteiger partial charge in [-0.05, 0) is 62.2 Å². The Bertz CT molecular complexity index is 592. The third-order valence-corrected chi connectivity index (χ3v) is 3.53. The predicted molar refractivity (Wildman–Crippen MR) is 77.9 cm³/mol. The lowest BCUT2D eigenvalue weighted by atomic mass is 9.90. The van der Waals surface area contributed by atoms with Gasteiger partial charge in [-0.15, -0.1) is 0 Å². The summed E-state index contributed by atoms with van der Waals surface area (Å²) in [6, 6.07) is 7.60. The lowest BCUT2D eigenvalue weighted by Crippen LogP contribution is -2.20. The van der Waals surface area contributed by atoms with Crippen LogP contribution in [-0.4, -0.2) is 7.05 Å². The van der Waals surface area contributed by atoms with E-state index in [2.05, 4.69) is 17.4 Å². The van der Waals surface area contributed by atoms with Gasteiger partial charge in [0.05, 0.1) is 6.04 Å². The van der Waals surface area contributed by atoms with E-state index >= 15 is 0 Å². The fourth-order valence-corrected chi connectivity index (χ4v) is 2.87. The first kappa shape index (κ1) is 14.7. The average Bonchev–Trinajstić information content (AvgIpc) is 2.32. The van der Waals surface area contributed by atoms with Crippen LogP contribution in [0, 0.1) is 32.4 Å². The highest BCUT2D eigenvalue weighted by Crippen LogP contribution is 2.29. The Morgan fingerprint density at radius 2 is 1.35 bits per heavy atom. The van der Waals surface area contributed by atoms with Crippen LogP contribution in [0.25, 0.3) is 0 Å². The third-order valence-electron chi connectivity index (χ3n) is 3.53. The van der Waals surface area contributed by atoms with Crippen molar-refractivity contribution in [2.24, 2.45) is 0 Å². The molecule has 0 radical (unpaired) electrons. The predicted octanol–water partition coefficient (Wildman–Crippen LogP) is 4.20. The van der Waals surface area contributed by atoms with Crippen LogP contribution < -0.4 is 5.32 Å². The van der Waals surface area contributed by atoms with Gasteiger partial charge in [-0.2, -0.15) is 0 Å². The minimum atomic E-state index is -0.553. The third kappa shape index (κ3) is 2.88. The van der Waals surface area contributed by atoms with Crippen LogP contribution in [0.3, 0.4) is 0 Å². The van der Waals surface area contributed by atoms with Gasteiger partial charge in [-0.1, -0.05) is 17.7 Å². The monoisotopic (exact) mass is 275 g/mol. The molecule has 0 aliphatic rings. The lowest BCUT2D eigenvalue weighted by molar-refractivity contribution is 0.571. The van der Waals surface area contributed by atoms with Crippen molar-refractivity contribution in [1.29, 1.82) is 0 Å². The van der Waals surface area contributed by atoms with Crippen LogP contribution in [-0.2, 0) is 0 Å². The molecule has 106 valence electrons. The van der Waals surface area contributed by atoms with Gasteiger partial charge in [0.15, 0.2) is 0 Å². The summed E-state index contributed by atoms with van der Waals surface area (Å²) in [5, 5.41) is 3.16. The Kier molecular flexibility index (Phi) is 4.19. The molecule has 1 unspecified atom stereocenters. The Morgan fingerprint density at radius 3 is 1.80 bits per heavy atom. The molecule has 1 nitrogen and oxygen atoms in total. The molecule has 2 aromatic rings. The van der Waals surface area contributed by atoms with E-state index in [1.54, 1.807) is 7.05 Å². The van der Waals surface area contributed by atoms with Crippen LogP contribution in [0.4, 0.5) is 8.78 Å². The molecule has 2 aromatic carbocycles. The Morgan fingerprint density at radius 1 is 0.850 bits per heavy atom. The van der Waals surface area contributed by atoms with Crippen molar-refractivity contribution in [3.05, 3.63) is 69.8 Å². The first-order valence-corrected chi connectivity index (χ1v) is 6.63. The number of benzene rings is 2. The maximum absolute atomic E-state index is 13.4. The first-order chi connectivity index (χ1) is 9.42. The Labute approximate surface area is 118 Å². The molecule has 0 fully saturated rings. The minimum Gasteiger partial charge on any atom is -0.309 e. The highest BCUT2D eigenvalue weighted by atomic mass is 19.1. The smallest absolute Gasteiger partial charge is 0.126 e. The largest absolute Gasteiger partial charge is 0.309 e. The van der Waals surface area contributed by atoms with Gasteiger partial charge < -0.3 is 5.32 Å². The summed E-state index contributed by atoms with van der Waals surface area (Å²) in [4.78, 5) is 0. The zero-order chi connectivity index (χ0) is 14.9. The van der Waals surface area contributed by atoms with Crippen LogP contribution in [0.5, 0.6) is 0 Å². The van der Waals surface area contributed by atoms with Crippen LogP contribution in [0.2, 0.25) is 0 Å². The second-order valence-corrected chi connectivity index (χ2v) is 5.24. The van der Waals surface area contributed by atoms with Gasteiger partial charge in [-0.3, -0.25) is 0 Å². The fourth-order valence-electron chi connectivity index (χ4n) is 2.87. The summed E-state index contributed by atoms with van der Waals surface area (Å²) in [7, 11) is 1.80. The van der Waals surface area contributed by atoms with E-state index in [0.29, 0.717) is 5.56 Å². The average molecular weight is 275 g/mol. The van der Waals surface area contributed by atoms with E-state index < -0.39 is 11.6 Å². The molecule has 20 heavy (non-hydrogen) atoms. The zero-order valence-electron chi connectivity index (χ0n) is 12.2. The van der Waals surface area contributed by atoms with Crippen LogP contribution in [0.15, 0.2) is 30.3 Å². The van der Waals surface area contributed by atoms with E-state index in [1.165, 1.54) is 17.7 Å². The maximum Gasteiger partial charge on any atom is 0.126 e. The van der Waals surface area contributed by atoms with Gasteiger partial charge in [0.1, 0.15) is 11.6 Å². The summed E-state index contributed by atoms with van der Waals surface area (Å²) in [6.45, 7) is 6.09. The van der Waals surface area contributed by atoms with Gasteiger partial charge >= 0.3 is 0 Å². The standard InChI is InChI=1S/C17H19F2N/c1-10-5-11(2)16(12(3)6-10)17(20-4)13-7-14(18)9-15(19)8-13/h5-9,17,20H,1-4H3. The quantitative estimate of drug-likeness (QED) is 0.885. The number of nitrogens with one attached hydrogen (secondary N) is 1. The molecule has 0 saturated heterocycles. The number of hydrogen-bond donors (Lipinski definition) is 1. The van der Waals surface area contributed by atoms with Crippen molar-refractivity contribution in [2.45, 2.75) is 26.8 Å². The molecule has 0 spiro atoms. The molecule has 1 atom stereocenters. The topological polar surface area (TPSA) is 12.0 Å². The second kappa shape index (κ2) is 5.71. The summed E-state index contributed by atoms with van der Waals surface area (Å²) in [5.74, 6) is -1.11. The summed E-state index contributed by atoms with van der Waals surface area (Å²) >= 11 is 0. The van der Waals surface area contributed by atoms with Gasteiger partial charge in [0.2, 0.25) is 0 Å². The maximum atomic E-state index is 13.4. The van der Waals surface area contributed by atoms with Crippen molar-refractivity contribution in [3.63, 3.8) is 0 Å². The molecule has 1 N–H and O–H groups in total. The number of hydrogen-bond acceptors (Lipinski definition) is 1. The Balaban J connectivity index is 2.58. The molecule has 0 bridgehead atoms. The summed E-state index contributed by atoms with van der Waals surface area (Å²) in [5.41, 5.74) is 5.09. The lowest BCUT2D eigenvalue weighted by Gasteiger charge is -2.22. The highest BCUT2D eigenvalue weighted by molar-refractivity contribution is 5.44. The van der Waals surface area contributed by atoms with Crippen molar-refractivity contribution < 1.29 is 8.78 Å². The number of aryl methyl sites for hydroxylation is 3. The van der Waals surface area contributed by atoms with E-state index in [1.807, 2.05) is 20.8 Å². The molecular weight excluding hydrogens is 256 g/mol. The van der Waals surface area contributed by atoms with Gasteiger partial charge in [0.25, 0.3) is 0 Å². The summed E-state index contributed by atoms with van der Waals surface area (Å²) in [6.07, 6.45) is 0. The molecule has 0 amide bonds. The van der Waals surface area contributed by atoms with E-state index in [0.717, 1.165) is 22.8 Å². The van der Waals surface area contributed by atoms with Gasteiger partial charge in [0, 0.05) is 6.07 Å². The molecule has 0 aliphatic carbocycles. The molecule has 3 heteroatoms. The van der Waals surface area contributed by atoms with Crippen molar-refractivity contribution in [1.82, 2.24) is 5.32 Å². The Hall–Kier alpha value is -1.74. The van der Waals surface area contributed by atoms with Crippen LogP contribution in [0.1, 0.15) is 33.9 Å².